The SMILES string of the molecule is Cc1ccc(CNC(=O)C2CC2c2cc(F)ccc2F)n1C. The fourth-order valence-corrected chi connectivity index (χ4v) is 2.78. The number of halogens is 2. The van der Waals surface area contributed by atoms with Crippen LogP contribution < -0.4 is 5.32 Å². The van der Waals surface area contributed by atoms with Gasteiger partial charge in [-0.25, -0.2) is 8.78 Å². The molecular formula is C17H18F2N2O. The lowest BCUT2D eigenvalue weighted by molar-refractivity contribution is -0.122. The summed E-state index contributed by atoms with van der Waals surface area (Å²) in [6.45, 7) is 2.44. The van der Waals surface area contributed by atoms with Crippen LogP contribution in [0.3, 0.4) is 0 Å². The van der Waals surface area contributed by atoms with Crippen molar-refractivity contribution in [2.45, 2.75) is 25.8 Å². The zero-order valence-corrected chi connectivity index (χ0v) is 12.6. The van der Waals surface area contributed by atoms with Gasteiger partial charge in [-0.15, -0.1) is 0 Å². The number of aromatic nitrogens is 1. The molecule has 1 saturated carbocycles. The van der Waals surface area contributed by atoms with Crippen LogP contribution in [0.25, 0.3) is 0 Å². The molecule has 0 spiro atoms. The Bertz CT molecular complexity index is 723. The second-order valence-corrected chi connectivity index (χ2v) is 5.86. The summed E-state index contributed by atoms with van der Waals surface area (Å²) in [7, 11) is 1.94. The Kier molecular flexibility index (Phi) is 3.72. The van der Waals surface area contributed by atoms with E-state index < -0.39 is 11.6 Å². The maximum Gasteiger partial charge on any atom is 0.224 e. The number of benzene rings is 1. The highest BCUT2D eigenvalue weighted by molar-refractivity contribution is 5.82. The number of rotatable bonds is 4. The molecule has 3 rings (SSSR count). The molecular weight excluding hydrogens is 286 g/mol. The number of nitrogens with zero attached hydrogens (tertiary/aromatic N) is 1. The normalized spacial score (nSPS) is 20.0. The summed E-state index contributed by atoms with van der Waals surface area (Å²) in [5, 5.41) is 2.87. The average molecular weight is 304 g/mol. The first-order chi connectivity index (χ1) is 10.5. The van der Waals surface area contributed by atoms with E-state index >= 15 is 0 Å². The van der Waals surface area contributed by atoms with Gasteiger partial charge in [0.25, 0.3) is 0 Å². The standard InChI is InChI=1S/C17H18F2N2O/c1-10-3-5-12(21(10)2)9-20-17(22)15-8-13(15)14-7-11(18)4-6-16(14)19/h3-7,13,15H,8-9H2,1-2H3,(H,20,22). The summed E-state index contributed by atoms with van der Waals surface area (Å²) >= 11 is 0. The third kappa shape index (κ3) is 2.75. The predicted molar refractivity (Wildman–Crippen MR) is 79.2 cm³/mol. The fraction of sp³-hybridized carbons (Fsp3) is 0.353. The van der Waals surface area contributed by atoms with Crippen LogP contribution in [-0.4, -0.2) is 10.5 Å². The van der Waals surface area contributed by atoms with Gasteiger partial charge in [-0.2, -0.15) is 0 Å². The van der Waals surface area contributed by atoms with Crippen molar-refractivity contribution in [1.29, 1.82) is 0 Å². The van der Waals surface area contributed by atoms with Crippen LogP contribution in [0.2, 0.25) is 0 Å². The van der Waals surface area contributed by atoms with Crippen LogP contribution in [0.5, 0.6) is 0 Å². The van der Waals surface area contributed by atoms with E-state index in [2.05, 4.69) is 5.32 Å². The van der Waals surface area contributed by atoms with Gasteiger partial charge in [-0.3, -0.25) is 4.79 Å². The zero-order valence-electron chi connectivity index (χ0n) is 12.6. The summed E-state index contributed by atoms with van der Waals surface area (Å²) in [5.41, 5.74) is 2.44. The maximum atomic E-state index is 13.7. The van der Waals surface area contributed by atoms with Gasteiger partial charge in [0.2, 0.25) is 5.91 Å². The molecule has 22 heavy (non-hydrogen) atoms. The second kappa shape index (κ2) is 5.55. The largest absolute Gasteiger partial charge is 0.350 e. The van der Waals surface area contributed by atoms with Crippen LogP contribution in [0.1, 0.15) is 29.3 Å². The smallest absolute Gasteiger partial charge is 0.224 e. The number of hydrogen-bond donors (Lipinski definition) is 1. The van der Waals surface area contributed by atoms with E-state index in [1.807, 2.05) is 30.7 Å². The molecule has 1 aromatic heterocycles. The second-order valence-electron chi connectivity index (χ2n) is 5.86. The first kappa shape index (κ1) is 14.8. The highest BCUT2D eigenvalue weighted by atomic mass is 19.1. The van der Waals surface area contributed by atoms with Gasteiger partial charge < -0.3 is 9.88 Å². The van der Waals surface area contributed by atoms with Crippen LogP contribution in [-0.2, 0) is 18.4 Å². The molecule has 1 aromatic carbocycles. The van der Waals surface area contributed by atoms with Crippen LogP contribution in [0, 0.1) is 24.5 Å². The van der Waals surface area contributed by atoms with Crippen molar-refractivity contribution in [2.24, 2.45) is 13.0 Å². The molecule has 116 valence electrons. The Morgan fingerprint density at radius 3 is 2.77 bits per heavy atom. The van der Waals surface area contributed by atoms with Gasteiger partial charge in [0.05, 0.1) is 6.54 Å². The van der Waals surface area contributed by atoms with E-state index in [4.69, 9.17) is 0 Å². The molecule has 3 nitrogen and oxygen atoms in total. The molecule has 0 radical (unpaired) electrons. The highest BCUT2D eigenvalue weighted by Crippen LogP contribution is 2.48. The van der Waals surface area contributed by atoms with Gasteiger partial charge in [-0.05, 0) is 55.2 Å². The lowest BCUT2D eigenvalue weighted by Gasteiger charge is -2.08. The summed E-state index contributed by atoms with van der Waals surface area (Å²) in [6.07, 6.45) is 0.568. The van der Waals surface area contributed by atoms with Crippen molar-refractivity contribution < 1.29 is 13.6 Å². The van der Waals surface area contributed by atoms with E-state index in [9.17, 15) is 13.6 Å². The van der Waals surface area contributed by atoms with Crippen molar-refractivity contribution in [2.75, 3.05) is 0 Å². The molecule has 1 heterocycles. The van der Waals surface area contributed by atoms with Crippen LogP contribution in [0.15, 0.2) is 30.3 Å². The van der Waals surface area contributed by atoms with Crippen molar-refractivity contribution in [3.63, 3.8) is 0 Å². The van der Waals surface area contributed by atoms with Crippen LogP contribution >= 0.6 is 0 Å². The lowest BCUT2D eigenvalue weighted by atomic mass is 10.1. The molecule has 5 heteroatoms. The molecule has 1 aliphatic carbocycles. The van der Waals surface area contributed by atoms with E-state index in [1.54, 1.807) is 0 Å². The molecule has 2 unspecified atom stereocenters. The molecule has 1 N–H and O–H groups in total. The molecule has 2 atom stereocenters. The highest BCUT2D eigenvalue weighted by Gasteiger charge is 2.45. The van der Waals surface area contributed by atoms with Gasteiger partial charge in [-0.1, -0.05) is 0 Å². The first-order valence-corrected chi connectivity index (χ1v) is 7.31. The molecule has 0 saturated heterocycles. The average Bonchev–Trinajstić information content (AvgIpc) is 3.22. The van der Waals surface area contributed by atoms with Crippen molar-refractivity contribution in [3.8, 4) is 0 Å². The Morgan fingerprint density at radius 1 is 1.32 bits per heavy atom. The summed E-state index contributed by atoms with van der Waals surface area (Å²) in [6, 6.07) is 7.35. The first-order valence-electron chi connectivity index (χ1n) is 7.31. The predicted octanol–water partition coefficient (Wildman–Crippen LogP) is 3.03. The van der Waals surface area contributed by atoms with Gasteiger partial charge in [0.15, 0.2) is 0 Å². The Balaban J connectivity index is 1.61. The van der Waals surface area contributed by atoms with E-state index in [0.29, 0.717) is 18.5 Å². The third-order valence-corrected chi connectivity index (χ3v) is 4.41. The minimum absolute atomic E-state index is 0.104. The van der Waals surface area contributed by atoms with E-state index in [-0.39, 0.29) is 17.7 Å². The number of amides is 1. The fourth-order valence-electron chi connectivity index (χ4n) is 2.78. The third-order valence-electron chi connectivity index (χ3n) is 4.41. The summed E-state index contributed by atoms with van der Waals surface area (Å²) in [4.78, 5) is 12.1. The minimum Gasteiger partial charge on any atom is -0.350 e. The van der Waals surface area contributed by atoms with E-state index in [0.717, 1.165) is 23.5 Å². The Hall–Kier alpha value is -2.17. The van der Waals surface area contributed by atoms with Gasteiger partial charge >= 0.3 is 0 Å². The van der Waals surface area contributed by atoms with E-state index in [1.165, 1.54) is 6.07 Å². The molecule has 1 aliphatic rings. The maximum absolute atomic E-state index is 13.7. The number of nitrogens with one attached hydrogen (secondary N) is 1. The molecule has 0 aliphatic heterocycles. The molecule has 1 fully saturated rings. The van der Waals surface area contributed by atoms with Crippen LogP contribution in [0.4, 0.5) is 8.78 Å². The lowest BCUT2D eigenvalue weighted by Crippen LogP contribution is -2.26. The zero-order chi connectivity index (χ0) is 15.9. The van der Waals surface area contributed by atoms with Crippen molar-refractivity contribution >= 4 is 5.91 Å². The quantitative estimate of drug-likeness (QED) is 0.925. The molecule has 0 bridgehead atoms. The van der Waals surface area contributed by atoms with Gasteiger partial charge in [0.1, 0.15) is 11.6 Å². The Morgan fingerprint density at radius 2 is 2.09 bits per heavy atom. The number of carbonyl (C=O) groups is 1. The topological polar surface area (TPSA) is 34.0 Å². The summed E-state index contributed by atoms with van der Waals surface area (Å²) in [5.74, 6) is -1.50. The molecule has 2 aromatic rings. The summed E-state index contributed by atoms with van der Waals surface area (Å²) < 4.78 is 28.9. The van der Waals surface area contributed by atoms with Crippen molar-refractivity contribution in [1.82, 2.24) is 9.88 Å². The molecule has 1 amide bonds. The van der Waals surface area contributed by atoms with Crippen molar-refractivity contribution in [3.05, 3.63) is 58.9 Å². The number of carbonyl (C=O) groups excluding carboxylic acids is 1. The van der Waals surface area contributed by atoms with Gasteiger partial charge in [0, 0.05) is 24.4 Å². The minimum atomic E-state index is -0.471. The Labute approximate surface area is 127 Å². The monoisotopic (exact) mass is 304 g/mol. The number of aryl methyl sites for hydroxylation is 1. The number of hydrogen-bond acceptors (Lipinski definition) is 1.